The fourth-order valence-electron chi connectivity index (χ4n) is 4.38. The van der Waals surface area contributed by atoms with Crippen LogP contribution in [-0.4, -0.2) is 13.3 Å². The SMILES string of the molecule is CCCCOc1cccc(N2COc3c(Cl)cc4c5c(c(=O)oc4c3C2)CCC5)c1. The number of aryl methyl sites for hydroxylation is 1. The lowest BCUT2D eigenvalue weighted by atomic mass is 10.0. The Labute approximate surface area is 180 Å². The van der Waals surface area contributed by atoms with E-state index in [1.165, 1.54) is 0 Å². The fourth-order valence-corrected chi connectivity index (χ4v) is 4.66. The van der Waals surface area contributed by atoms with Crippen molar-refractivity contribution in [3.8, 4) is 11.5 Å². The fraction of sp³-hybridized carbons (Fsp3) is 0.375. The van der Waals surface area contributed by atoms with Crippen LogP contribution in [0.5, 0.6) is 11.5 Å². The van der Waals surface area contributed by atoms with E-state index in [2.05, 4.69) is 11.8 Å². The Kier molecular flexibility index (Phi) is 5.07. The summed E-state index contributed by atoms with van der Waals surface area (Å²) < 4.78 is 17.7. The molecule has 0 amide bonds. The van der Waals surface area contributed by atoms with Gasteiger partial charge in [0.2, 0.25) is 0 Å². The van der Waals surface area contributed by atoms with Gasteiger partial charge in [-0.25, -0.2) is 4.79 Å². The molecule has 2 aromatic carbocycles. The standard InChI is InChI=1S/C24H24ClNO4/c1-2-3-10-28-16-7-4-6-15(11-16)26-13-20-22-19(12-21(25)23(20)29-14-26)17-8-5-9-18(17)24(27)30-22/h4,6-7,11-12H,2-3,5,8-10,13-14H2,1H3. The van der Waals surface area contributed by atoms with E-state index in [1.807, 2.05) is 30.3 Å². The van der Waals surface area contributed by atoms with Crippen molar-refractivity contribution in [2.24, 2.45) is 0 Å². The second-order valence-electron chi connectivity index (χ2n) is 7.91. The lowest BCUT2D eigenvalue weighted by Gasteiger charge is -2.31. The van der Waals surface area contributed by atoms with E-state index in [1.54, 1.807) is 0 Å². The van der Waals surface area contributed by atoms with Crippen LogP contribution in [0.1, 0.15) is 42.9 Å². The first kappa shape index (κ1) is 19.3. The van der Waals surface area contributed by atoms with Crippen LogP contribution in [-0.2, 0) is 19.4 Å². The summed E-state index contributed by atoms with van der Waals surface area (Å²) >= 11 is 6.57. The molecule has 0 saturated heterocycles. The molecule has 6 heteroatoms. The van der Waals surface area contributed by atoms with E-state index in [-0.39, 0.29) is 5.63 Å². The Hall–Kier alpha value is -2.66. The molecule has 0 radical (unpaired) electrons. The highest BCUT2D eigenvalue weighted by molar-refractivity contribution is 6.33. The maximum atomic E-state index is 12.5. The minimum atomic E-state index is -0.233. The summed E-state index contributed by atoms with van der Waals surface area (Å²) in [6, 6.07) is 9.88. The van der Waals surface area contributed by atoms with Gasteiger partial charge in [0, 0.05) is 22.7 Å². The average molecular weight is 426 g/mol. The molecule has 2 heterocycles. The van der Waals surface area contributed by atoms with Crippen molar-refractivity contribution in [2.75, 3.05) is 18.2 Å². The quantitative estimate of drug-likeness (QED) is 0.400. The van der Waals surface area contributed by atoms with Crippen LogP contribution >= 0.6 is 11.6 Å². The summed E-state index contributed by atoms with van der Waals surface area (Å²) in [5.41, 5.74) is 4.06. The number of ether oxygens (including phenoxy) is 2. The van der Waals surface area contributed by atoms with Crippen LogP contribution in [0.15, 0.2) is 39.5 Å². The topological polar surface area (TPSA) is 51.9 Å². The monoisotopic (exact) mass is 425 g/mol. The lowest BCUT2D eigenvalue weighted by Crippen LogP contribution is -2.32. The van der Waals surface area contributed by atoms with E-state index in [9.17, 15) is 4.79 Å². The molecule has 1 aliphatic carbocycles. The smallest absolute Gasteiger partial charge is 0.339 e. The molecular weight excluding hydrogens is 402 g/mol. The molecule has 30 heavy (non-hydrogen) atoms. The number of fused-ring (bicyclic) bond motifs is 5. The molecule has 0 bridgehead atoms. The van der Waals surface area contributed by atoms with Gasteiger partial charge in [0.25, 0.3) is 0 Å². The number of benzene rings is 2. The van der Waals surface area contributed by atoms with Gasteiger partial charge in [0.05, 0.1) is 23.7 Å². The normalized spacial score (nSPS) is 15.1. The molecule has 156 valence electrons. The van der Waals surface area contributed by atoms with Crippen LogP contribution in [0.4, 0.5) is 5.69 Å². The van der Waals surface area contributed by atoms with Gasteiger partial charge in [-0.05, 0) is 49.4 Å². The molecule has 3 aromatic rings. The molecule has 0 N–H and O–H groups in total. The van der Waals surface area contributed by atoms with E-state index in [0.717, 1.165) is 65.6 Å². The summed E-state index contributed by atoms with van der Waals surface area (Å²) in [7, 11) is 0. The van der Waals surface area contributed by atoms with E-state index in [4.69, 9.17) is 25.5 Å². The predicted octanol–water partition coefficient (Wildman–Crippen LogP) is 5.47. The van der Waals surface area contributed by atoms with Crippen molar-refractivity contribution in [1.29, 1.82) is 0 Å². The zero-order valence-corrected chi connectivity index (χ0v) is 17.8. The second-order valence-corrected chi connectivity index (χ2v) is 8.32. The van der Waals surface area contributed by atoms with Crippen molar-refractivity contribution in [1.82, 2.24) is 0 Å². The van der Waals surface area contributed by atoms with Gasteiger partial charge < -0.3 is 18.8 Å². The zero-order chi connectivity index (χ0) is 20.7. The number of hydrogen-bond donors (Lipinski definition) is 0. The van der Waals surface area contributed by atoms with E-state index >= 15 is 0 Å². The van der Waals surface area contributed by atoms with Gasteiger partial charge in [0.15, 0.2) is 6.73 Å². The number of nitrogens with zero attached hydrogens (tertiary/aromatic N) is 1. The number of rotatable bonds is 5. The highest BCUT2D eigenvalue weighted by atomic mass is 35.5. The Balaban J connectivity index is 1.53. The molecule has 1 aliphatic heterocycles. The Bertz CT molecular complexity index is 1170. The largest absolute Gasteiger partial charge is 0.494 e. The van der Waals surface area contributed by atoms with Crippen LogP contribution in [0, 0.1) is 0 Å². The molecule has 0 saturated carbocycles. The van der Waals surface area contributed by atoms with Crippen molar-refractivity contribution in [3.63, 3.8) is 0 Å². The maximum Gasteiger partial charge on any atom is 0.339 e. The molecular formula is C24H24ClNO4. The molecule has 5 rings (SSSR count). The number of hydrogen-bond acceptors (Lipinski definition) is 5. The summed E-state index contributed by atoms with van der Waals surface area (Å²) in [5.74, 6) is 1.45. The lowest BCUT2D eigenvalue weighted by molar-refractivity contribution is 0.288. The third kappa shape index (κ3) is 3.31. The predicted molar refractivity (Wildman–Crippen MR) is 118 cm³/mol. The molecule has 0 atom stereocenters. The summed E-state index contributed by atoms with van der Waals surface area (Å²) in [4.78, 5) is 14.6. The Morgan fingerprint density at radius 2 is 2.03 bits per heavy atom. The van der Waals surface area contributed by atoms with Crippen LogP contribution < -0.4 is 20.0 Å². The highest BCUT2D eigenvalue weighted by Gasteiger charge is 2.28. The summed E-state index contributed by atoms with van der Waals surface area (Å²) in [5, 5.41) is 1.50. The first-order valence-corrected chi connectivity index (χ1v) is 10.9. The average Bonchev–Trinajstić information content (AvgIpc) is 3.26. The molecule has 1 aromatic heterocycles. The van der Waals surface area contributed by atoms with Gasteiger partial charge in [-0.3, -0.25) is 0 Å². The van der Waals surface area contributed by atoms with Gasteiger partial charge in [-0.2, -0.15) is 0 Å². The van der Waals surface area contributed by atoms with Gasteiger partial charge in [0.1, 0.15) is 17.1 Å². The molecule has 0 fully saturated rings. The van der Waals surface area contributed by atoms with Crippen LogP contribution in [0.2, 0.25) is 5.02 Å². The summed E-state index contributed by atoms with van der Waals surface area (Å²) in [6.45, 7) is 3.76. The number of unbranched alkanes of at least 4 members (excludes halogenated alkanes) is 1. The third-order valence-electron chi connectivity index (χ3n) is 5.93. The van der Waals surface area contributed by atoms with Crippen molar-refractivity contribution in [3.05, 3.63) is 62.5 Å². The second kappa shape index (κ2) is 7.88. The van der Waals surface area contributed by atoms with Crippen LogP contribution in [0.25, 0.3) is 11.0 Å². The van der Waals surface area contributed by atoms with Gasteiger partial charge in [-0.15, -0.1) is 0 Å². The van der Waals surface area contributed by atoms with Crippen molar-refractivity contribution >= 4 is 28.3 Å². The van der Waals surface area contributed by atoms with Crippen LogP contribution in [0.3, 0.4) is 0 Å². The van der Waals surface area contributed by atoms with Gasteiger partial charge in [-0.1, -0.05) is 31.0 Å². The van der Waals surface area contributed by atoms with E-state index in [0.29, 0.717) is 36.2 Å². The van der Waals surface area contributed by atoms with Crippen molar-refractivity contribution in [2.45, 2.75) is 45.6 Å². The highest BCUT2D eigenvalue weighted by Crippen LogP contribution is 2.42. The molecule has 0 unspecified atom stereocenters. The maximum absolute atomic E-state index is 12.5. The van der Waals surface area contributed by atoms with Crippen molar-refractivity contribution < 1.29 is 13.9 Å². The zero-order valence-electron chi connectivity index (χ0n) is 17.0. The van der Waals surface area contributed by atoms with E-state index < -0.39 is 0 Å². The van der Waals surface area contributed by atoms with Gasteiger partial charge >= 0.3 is 5.63 Å². The first-order valence-electron chi connectivity index (χ1n) is 10.6. The first-order chi connectivity index (χ1) is 14.7. The number of anilines is 1. The minimum absolute atomic E-state index is 0.233. The Morgan fingerprint density at radius 1 is 1.17 bits per heavy atom. The minimum Gasteiger partial charge on any atom is -0.494 e. The third-order valence-corrected chi connectivity index (χ3v) is 6.21. The Morgan fingerprint density at radius 3 is 2.90 bits per heavy atom. The summed E-state index contributed by atoms with van der Waals surface area (Å²) in [6.07, 6.45) is 4.75. The molecule has 2 aliphatic rings. The molecule has 0 spiro atoms. The number of halogens is 1. The molecule has 5 nitrogen and oxygen atoms in total.